The number of amides is 1. The Kier molecular flexibility index (Phi) is 5.44. The molecule has 39 heavy (non-hydrogen) atoms. The van der Waals surface area contributed by atoms with Gasteiger partial charge in [-0.2, -0.15) is 0 Å². The summed E-state index contributed by atoms with van der Waals surface area (Å²) in [6, 6.07) is 19.7. The Hall–Kier alpha value is -4.26. The first-order valence-electron chi connectivity index (χ1n) is 13.2. The highest BCUT2D eigenvalue weighted by atomic mass is 16.3. The van der Waals surface area contributed by atoms with Crippen LogP contribution in [0.25, 0.3) is 11.2 Å². The third-order valence-electron chi connectivity index (χ3n) is 8.50. The molecular formula is C30H28N6O3. The lowest BCUT2D eigenvalue weighted by atomic mass is 9.98. The predicted molar refractivity (Wildman–Crippen MR) is 145 cm³/mol. The first-order valence-corrected chi connectivity index (χ1v) is 13.2. The molecule has 3 aliphatic rings. The van der Waals surface area contributed by atoms with Gasteiger partial charge in [0.25, 0.3) is 0 Å². The van der Waals surface area contributed by atoms with Gasteiger partial charge in [0.1, 0.15) is 6.10 Å². The number of hydrogen-bond acceptors (Lipinski definition) is 7. The van der Waals surface area contributed by atoms with Crippen LogP contribution in [-0.2, 0) is 4.79 Å². The number of rotatable bonds is 5. The third kappa shape index (κ3) is 3.79. The zero-order valence-corrected chi connectivity index (χ0v) is 21.3. The van der Waals surface area contributed by atoms with Gasteiger partial charge in [0.2, 0.25) is 11.7 Å². The van der Waals surface area contributed by atoms with Crippen molar-refractivity contribution in [2.45, 2.75) is 43.1 Å². The van der Waals surface area contributed by atoms with E-state index in [2.05, 4.69) is 39.6 Å². The topological polar surface area (TPSA) is 125 Å². The summed E-state index contributed by atoms with van der Waals surface area (Å²) < 4.78 is 1.79. The minimum atomic E-state index is -1.17. The Balaban J connectivity index is 1.28. The second-order valence-electron chi connectivity index (χ2n) is 10.7. The lowest BCUT2D eigenvalue weighted by Gasteiger charge is -2.23. The lowest BCUT2D eigenvalue weighted by molar-refractivity contribution is -0.132. The fourth-order valence-electron chi connectivity index (χ4n) is 6.33. The van der Waals surface area contributed by atoms with E-state index in [1.54, 1.807) is 17.9 Å². The summed E-state index contributed by atoms with van der Waals surface area (Å²) in [5.74, 6) is 7.02. The minimum absolute atomic E-state index is 0.203. The van der Waals surface area contributed by atoms with E-state index >= 15 is 0 Å². The van der Waals surface area contributed by atoms with Gasteiger partial charge >= 0.3 is 0 Å². The maximum absolute atomic E-state index is 12.7. The summed E-state index contributed by atoms with van der Waals surface area (Å²) in [5.41, 5.74) is 2.21. The average Bonchev–Trinajstić information content (AvgIpc) is 3.85. The average molecular weight is 521 g/mol. The first kappa shape index (κ1) is 23.8. The van der Waals surface area contributed by atoms with Crippen LogP contribution in [0.15, 0.2) is 67.0 Å². The summed E-state index contributed by atoms with van der Waals surface area (Å²) in [5, 5.41) is 28.1. The number of anilines is 1. The Labute approximate surface area is 225 Å². The monoisotopic (exact) mass is 520 g/mol. The molecule has 9 nitrogen and oxygen atoms in total. The number of fused-ring (bicyclic) bond motifs is 2. The molecule has 0 spiro atoms. The molecular weight excluding hydrogens is 492 g/mol. The van der Waals surface area contributed by atoms with Crippen LogP contribution < -0.4 is 10.6 Å². The van der Waals surface area contributed by atoms with E-state index in [0.717, 1.165) is 12.0 Å². The Morgan fingerprint density at radius 2 is 1.79 bits per heavy atom. The van der Waals surface area contributed by atoms with Gasteiger partial charge in [-0.25, -0.2) is 15.0 Å². The first-order chi connectivity index (χ1) is 19.0. The number of aliphatic hydroxyl groups is 2. The molecule has 196 valence electrons. The molecule has 0 aliphatic heterocycles. The molecule has 4 aromatic rings. The van der Waals surface area contributed by atoms with Gasteiger partial charge in [-0.3, -0.25) is 4.79 Å². The molecule has 3 fully saturated rings. The van der Waals surface area contributed by atoms with Crippen LogP contribution in [0.1, 0.15) is 41.8 Å². The molecule has 7 rings (SSSR count). The van der Waals surface area contributed by atoms with Gasteiger partial charge in [0, 0.05) is 30.5 Å². The summed E-state index contributed by atoms with van der Waals surface area (Å²) in [6.07, 6.45) is 0.798. The van der Waals surface area contributed by atoms with Gasteiger partial charge < -0.3 is 25.4 Å². The van der Waals surface area contributed by atoms with E-state index < -0.39 is 23.7 Å². The second kappa shape index (κ2) is 8.90. The number of aromatic nitrogens is 4. The van der Waals surface area contributed by atoms with Crippen LogP contribution in [0, 0.1) is 23.2 Å². The van der Waals surface area contributed by atoms with Crippen molar-refractivity contribution < 1.29 is 15.0 Å². The molecule has 0 saturated heterocycles. The zero-order chi connectivity index (χ0) is 26.7. The Morgan fingerprint density at radius 1 is 1.05 bits per heavy atom. The fraction of sp³-hybridized carbons (Fsp3) is 0.333. The van der Waals surface area contributed by atoms with E-state index in [1.165, 1.54) is 5.56 Å². The van der Waals surface area contributed by atoms with Gasteiger partial charge in [0.05, 0.1) is 23.9 Å². The molecule has 2 aromatic carbocycles. The highest BCUT2D eigenvalue weighted by molar-refractivity contribution is 5.88. The van der Waals surface area contributed by atoms with Gasteiger partial charge in [-0.05, 0) is 36.5 Å². The number of imidazole rings is 1. The highest BCUT2D eigenvalue weighted by Crippen LogP contribution is 2.67. The molecule has 1 amide bonds. The maximum atomic E-state index is 12.7. The van der Waals surface area contributed by atoms with Crippen LogP contribution in [0.2, 0.25) is 0 Å². The molecule has 3 aliphatic carbocycles. The van der Waals surface area contributed by atoms with Gasteiger partial charge in [0.15, 0.2) is 17.0 Å². The van der Waals surface area contributed by atoms with Crippen molar-refractivity contribution >= 4 is 22.9 Å². The van der Waals surface area contributed by atoms with Gasteiger partial charge in [-0.1, -0.05) is 54.5 Å². The van der Waals surface area contributed by atoms with Crippen LogP contribution >= 0.6 is 0 Å². The van der Waals surface area contributed by atoms with Crippen molar-refractivity contribution in [3.05, 3.63) is 83.9 Å². The number of benzene rings is 2. The molecule has 3 unspecified atom stereocenters. The molecule has 3 saturated carbocycles. The summed E-state index contributed by atoms with van der Waals surface area (Å²) >= 11 is 0. The molecule has 2 heterocycles. The van der Waals surface area contributed by atoms with E-state index in [1.807, 2.05) is 48.5 Å². The smallest absolute Gasteiger partial charge is 0.229 e. The number of carbonyl (C=O) groups is 1. The van der Waals surface area contributed by atoms with E-state index in [0.29, 0.717) is 35.1 Å². The lowest BCUT2D eigenvalue weighted by Crippen LogP contribution is -2.41. The molecule has 7 atom stereocenters. The van der Waals surface area contributed by atoms with E-state index in [9.17, 15) is 15.0 Å². The van der Waals surface area contributed by atoms with Crippen LogP contribution in [-0.4, -0.2) is 60.9 Å². The number of nitrogens with zero attached hydrogens (tertiary/aromatic N) is 4. The van der Waals surface area contributed by atoms with Crippen LogP contribution in [0.5, 0.6) is 0 Å². The number of carbonyl (C=O) groups excluding carboxylic acids is 1. The van der Waals surface area contributed by atoms with Crippen molar-refractivity contribution in [2.75, 3.05) is 12.4 Å². The summed E-state index contributed by atoms with van der Waals surface area (Å²) in [6.45, 7) is 0. The molecule has 0 bridgehead atoms. The van der Waals surface area contributed by atoms with Crippen LogP contribution in [0.3, 0.4) is 0 Å². The standard InChI is InChI=1S/C30H28N6O3/c1-31-29(39)30-15-20(30)24(25(37)26(30)38)36-16-32-23-27(33-21-14-19(21)18-10-6-3-7-11-18)34-22(35-28(23)36)13-12-17-8-4-2-5-9-17/h2-11,16,19-21,24-26,37-38H,14-15H2,1H3,(H,31,39)(H,33,34,35)/t19?,20?,21-,24-,25+,26+,30?/m1/s1. The predicted octanol–water partition coefficient (Wildman–Crippen LogP) is 2.22. The van der Waals surface area contributed by atoms with Crippen molar-refractivity contribution in [1.29, 1.82) is 0 Å². The number of aliphatic hydroxyl groups excluding tert-OH is 2. The molecule has 9 heteroatoms. The largest absolute Gasteiger partial charge is 0.389 e. The second-order valence-corrected chi connectivity index (χ2v) is 10.7. The molecule has 2 aromatic heterocycles. The van der Waals surface area contributed by atoms with Crippen LogP contribution in [0.4, 0.5) is 5.82 Å². The van der Waals surface area contributed by atoms with Crippen molar-refractivity contribution in [1.82, 2.24) is 24.8 Å². The SMILES string of the molecule is CNC(=O)C12CC1[C@@H](n1cnc3c(N[C@@H]4CC4c4ccccc4)nc(C#Cc4ccccc4)nc31)[C@H](O)[C@@H]2O. The van der Waals surface area contributed by atoms with E-state index in [-0.39, 0.29) is 17.9 Å². The Bertz CT molecular complexity index is 1630. The maximum Gasteiger partial charge on any atom is 0.229 e. The highest BCUT2D eigenvalue weighted by Gasteiger charge is 2.75. The van der Waals surface area contributed by atoms with Crippen molar-refractivity contribution in [3.8, 4) is 11.8 Å². The number of hydrogen-bond donors (Lipinski definition) is 4. The normalized spacial score (nSPS) is 30.2. The zero-order valence-electron chi connectivity index (χ0n) is 21.3. The third-order valence-corrected chi connectivity index (χ3v) is 8.50. The number of nitrogens with one attached hydrogen (secondary N) is 2. The fourth-order valence-corrected chi connectivity index (χ4v) is 6.33. The quantitative estimate of drug-likeness (QED) is 0.298. The molecule has 4 N–H and O–H groups in total. The minimum Gasteiger partial charge on any atom is -0.389 e. The molecule has 0 radical (unpaired) electrons. The van der Waals surface area contributed by atoms with Gasteiger partial charge in [-0.15, -0.1) is 0 Å². The summed E-state index contributed by atoms with van der Waals surface area (Å²) in [7, 11) is 1.55. The van der Waals surface area contributed by atoms with E-state index in [4.69, 9.17) is 9.97 Å². The van der Waals surface area contributed by atoms with Crippen molar-refractivity contribution in [3.63, 3.8) is 0 Å². The van der Waals surface area contributed by atoms with Crippen molar-refractivity contribution in [2.24, 2.45) is 11.3 Å². The summed E-state index contributed by atoms with van der Waals surface area (Å²) in [4.78, 5) is 26.8. The Morgan fingerprint density at radius 3 is 2.54 bits per heavy atom.